The predicted octanol–water partition coefficient (Wildman–Crippen LogP) is 2.71. The molecule has 0 aliphatic carbocycles. The van der Waals surface area contributed by atoms with Gasteiger partial charge < -0.3 is 4.74 Å². The van der Waals surface area contributed by atoms with Crippen molar-refractivity contribution in [1.82, 2.24) is 5.43 Å². The Labute approximate surface area is 101 Å². The van der Waals surface area contributed by atoms with E-state index in [0.29, 0.717) is 17.9 Å². The number of ether oxygens (including phenoxy) is 1. The highest BCUT2D eigenvalue weighted by molar-refractivity contribution is 4.78. The standard InChI is InChI=1S/C13H30N2O/c1-5-7-8-12(6-2)13(15-14)11(3)9-10-16-4/h11-13,15H,5-10,14H2,1-4H3. The Balaban J connectivity index is 4.17. The van der Waals surface area contributed by atoms with E-state index in [2.05, 4.69) is 26.2 Å². The SMILES string of the molecule is CCCCC(CC)C(NN)C(C)CCOC. The smallest absolute Gasteiger partial charge is 0.0465 e. The van der Waals surface area contributed by atoms with Gasteiger partial charge in [0.25, 0.3) is 0 Å². The predicted molar refractivity (Wildman–Crippen MR) is 70.1 cm³/mol. The van der Waals surface area contributed by atoms with E-state index >= 15 is 0 Å². The molecule has 0 aromatic rings. The number of nitrogens with one attached hydrogen (secondary N) is 1. The van der Waals surface area contributed by atoms with Crippen molar-refractivity contribution >= 4 is 0 Å². The van der Waals surface area contributed by atoms with Crippen molar-refractivity contribution in [3.05, 3.63) is 0 Å². The topological polar surface area (TPSA) is 47.3 Å². The van der Waals surface area contributed by atoms with Crippen LogP contribution in [0.2, 0.25) is 0 Å². The highest BCUT2D eigenvalue weighted by Crippen LogP contribution is 2.23. The maximum atomic E-state index is 5.70. The second kappa shape index (κ2) is 10.1. The maximum Gasteiger partial charge on any atom is 0.0465 e. The van der Waals surface area contributed by atoms with Crippen LogP contribution in [0.15, 0.2) is 0 Å². The van der Waals surface area contributed by atoms with Crippen LogP contribution in [0.5, 0.6) is 0 Å². The molecule has 0 rings (SSSR count). The molecule has 3 unspecified atom stereocenters. The molecule has 0 aliphatic heterocycles. The molecule has 0 spiro atoms. The van der Waals surface area contributed by atoms with Crippen LogP contribution in [0.3, 0.4) is 0 Å². The van der Waals surface area contributed by atoms with Crippen LogP contribution in [-0.4, -0.2) is 19.8 Å². The van der Waals surface area contributed by atoms with Gasteiger partial charge in [-0.15, -0.1) is 0 Å². The molecule has 0 amide bonds. The highest BCUT2D eigenvalue weighted by atomic mass is 16.5. The third kappa shape index (κ3) is 5.83. The van der Waals surface area contributed by atoms with E-state index in [1.807, 2.05) is 0 Å². The van der Waals surface area contributed by atoms with Crippen molar-refractivity contribution in [2.45, 2.75) is 58.9 Å². The van der Waals surface area contributed by atoms with Crippen molar-refractivity contribution in [2.24, 2.45) is 17.7 Å². The molecular formula is C13H30N2O. The fourth-order valence-corrected chi connectivity index (χ4v) is 2.35. The zero-order valence-electron chi connectivity index (χ0n) is 11.5. The van der Waals surface area contributed by atoms with Gasteiger partial charge in [-0.3, -0.25) is 11.3 Å². The third-order valence-electron chi connectivity index (χ3n) is 3.54. The number of hydrogen-bond donors (Lipinski definition) is 2. The molecule has 0 radical (unpaired) electrons. The first kappa shape index (κ1) is 15.9. The van der Waals surface area contributed by atoms with Gasteiger partial charge in [-0.25, -0.2) is 0 Å². The Kier molecular flexibility index (Phi) is 9.99. The van der Waals surface area contributed by atoms with Crippen LogP contribution in [0.25, 0.3) is 0 Å². The summed E-state index contributed by atoms with van der Waals surface area (Å²) in [7, 11) is 1.76. The lowest BCUT2D eigenvalue weighted by Crippen LogP contribution is -2.45. The summed E-state index contributed by atoms with van der Waals surface area (Å²) in [5.74, 6) is 6.97. The van der Waals surface area contributed by atoms with Crippen LogP contribution in [0, 0.1) is 11.8 Å². The second-order valence-electron chi connectivity index (χ2n) is 4.76. The summed E-state index contributed by atoms with van der Waals surface area (Å²) in [6.45, 7) is 7.58. The van der Waals surface area contributed by atoms with Gasteiger partial charge in [0.15, 0.2) is 0 Å². The molecule has 0 aromatic carbocycles. The van der Waals surface area contributed by atoms with Crippen molar-refractivity contribution in [3.8, 4) is 0 Å². The Bertz CT molecular complexity index is 153. The molecule has 0 heterocycles. The van der Waals surface area contributed by atoms with Crippen LogP contribution in [0.4, 0.5) is 0 Å². The van der Waals surface area contributed by atoms with Gasteiger partial charge in [-0.1, -0.05) is 40.0 Å². The minimum Gasteiger partial charge on any atom is -0.385 e. The van der Waals surface area contributed by atoms with Crippen LogP contribution >= 0.6 is 0 Å². The molecule has 0 bridgehead atoms. The normalized spacial score (nSPS) is 17.1. The Morgan fingerprint density at radius 3 is 2.38 bits per heavy atom. The Hall–Kier alpha value is -0.120. The first-order valence-electron chi connectivity index (χ1n) is 6.66. The third-order valence-corrected chi connectivity index (χ3v) is 3.54. The van der Waals surface area contributed by atoms with Crippen LogP contribution in [0.1, 0.15) is 52.9 Å². The quantitative estimate of drug-likeness (QED) is 0.448. The summed E-state index contributed by atoms with van der Waals surface area (Å²) >= 11 is 0. The van der Waals surface area contributed by atoms with Crippen LogP contribution < -0.4 is 11.3 Å². The summed E-state index contributed by atoms with van der Waals surface area (Å²) in [6, 6.07) is 0.423. The Morgan fingerprint density at radius 2 is 1.94 bits per heavy atom. The fourth-order valence-electron chi connectivity index (χ4n) is 2.35. The zero-order valence-corrected chi connectivity index (χ0v) is 11.5. The molecule has 0 saturated carbocycles. The van der Waals surface area contributed by atoms with Gasteiger partial charge in [0.2, 0.25) is 0 Å². The van der Waals surface area contributed by atoms with Crippen molar-refractivity contribution < 1.29 is 4.74 Å². The number of hydrazine groups is 1. The van der Waals surface area contributed by atoms with E-state index in [4.69, 9.17) is 10.6 Å². The van der Waals surface area contributed by atoms with Gasteiger partial charge in [0, 0.05) is 19.8 Å². The summed E-state index contributed by atoms with van der Waals surface area (Å²) < 4.78 is 5.13. The maximum absolute atomic E-state index is 5.70. The molecule has 3 heteroatoms. The number of rotatable bonds is 10. The summed E-state index contributed by atoms with van der Waals surface area (Å²) in [4.78, 5) is 0. The number of nitrogens with two attached hydrogens (primary N) is 1. The van der Waals surface area contributed by atoms with E-state index in [-0.39, 0.29) is 0 Å². The summed E-state index contributed by atoms with van der Waals surface area (Å²) in [5, 5.41) is 0. The summed E-state index contributed by atoms with van der Waals surface area (Å²) in [5.41, 5.74) is 3.02. The summed E-state index contributed by atoms with van der Waals surface area (Å²) in [6.07, 6.45) is 6.12. The fraction of sp³-hybridized carbons (Fsp3) is 1.00. The first-order valence-corrected chi connectivity index (χ1v) is 6.66. The molecule has 3 N–H and O–H groups in total. The van der Waals surface area contributed by atoms with Crippen molar-refractivity contribution in [2.75, 3.05) is 13.7 Å². The van der Waals surface area contributed by atoms with Gasteiger partial charge in [0.05, 0.1) is 0 Å². The lowest BCUT2D eigenvalue weighted by Gasteiger charge is -2.30. The molecule has 16 heavy (non-hydrogen) atoms. The zero-order chi connectivity index (χ0) is 12.4. The molecule has 98 valence electrons. The average molecular weight is 230 g/mol. The number of methoxy groups -OCH3 is 1. The molecular weight excluding hydrogens is 200 g/mol. The largest absolute Gasteiger partial charge is 0.385 e. The average Bonchev–Trinajstić information content (AvgIpc) is 2.31. The molecule has 3 atom stereocenters. The molecule has 3 nitrogen and oxygen atoms in total. The monoisotopic (exact) mass is 230 g/mol. The molecule has 0 saturated heterocycles. The van der Waals surface area contributed by atoms with Gasteiger partial charge in [0.1, 0.15) is 0 Å². The Morgan fingerprint density at radius 1 is 1.25 bits per heavy atom. The van der Waals surface area contributed by atoms with E-state index in [9.17, 15) is 0 Å². The van der Waals surface area contributed by atoms with E-state index in [1.54, 1.807) is 7.11 Å². The van der Waals surface area contributed by atoms with Crippen molar-refractivity contribution in [3.63, 3.8) is 0 Å². The van der Waals surface area contributed by atoms with Crippen molar-refractivity contribution in [1.29, 1.82) is 0 Å². The van der Waals surface area contributed by atoms with E-state index < -0.39 is 0 Å². The molecule has 0 aliphatic rings. The van der Waals surface area contributed by atoms with Gasteiger partial charge >= 0.3 is 0 Å². The molecule has 0 aromatic heterocycles. The number of hydrogen-bond acceptors (Lipinski definition) is 3. The van der Waals surface area contributed by atoms with Gasteiger partial charge in [-0.05, 0) is 24.7 Å². The number of unbranched alkanes of at least 4 members (excludes halogenated alkanes) is 1. The van der Waals surface area contributed by atoms with E-state index in [1.165, 1.54) is 25.7 Å². The second-order valence-corrected chi connectivity index (χ2v) is 4.76. The lowest BCUT2D eigenvalue weighted by molar-refractivity contribution is 0.154. The lowest BCUT2D eigenvalue weighted by atomic mass is 9.83. The van der Waals surface area contributed by atoms with Gasteiger partial charge in [-0.2, -0.15) is 0 Å². The minimum absolute atomic E-state index is 0.423. The first-order chi connectivity index (χ1) is 7.71. The van der Waals surface area contributed by atoms with Crippen LogP contribution in [-0.2, 0) is 4.74 Å². The highest BCUT2D eigenvalue weighted by Gasteiger charge is 2.23. The van der Waals surface area contributed by atoms with E-state index in [0.717, 1.165) is 13.0 Å². The molecule has 0 fully saturated rings. The minimum atomic E-state index is 0.423.